The average Bonchev–Trinajstić information content (AvgIpc) is 2.99. The molecule has 17 heavy (non-hydrogen) atoms. The third kappa shape index (κ3) is 2.88. The summed E-state index contributed by atoms with van der Waals surface area (Å²) in [4.78, 5) is 1.30. The molecule has 0 atom stereocenters. The van der Waals surface area contributed by atoms with Gasteiger partial charge in [0.2, 0.25) is 10.0 Å². The molecule has 0 aromatic carbocycles. The van der Waals surface area contributed by atoms with Crippen LogP contribution in [0.3, 0.4) is 0 Å². The van der Waals surface area contributed by atoms with Crippen LogP contribution in [-0.4, -0.2) is 25.8 Å². The minimum absolute atomic E-state index is 0.394. The number of nitrogens with zero attached hydrogens (tertiary/aromatic N) is 1. The zero-order chi connectivity index (χ0) is 12.5. The van der Waals surface area contributed by atoms with Crippen molar-refractivity contribution in [2.75, 3.05) is 13.1 Å². The lowest BCUT2D eigenvalue weighted by molar-refractivity contribution is 0.412. The second-order valence-electron chi connectivity index (χ2n) is 4.35. The van der Waals surface area contributed by atoms with Crippen LogP contribution in [0.4, 0.5) is 0 Å². The van der Waals surface area contributed by atoms with E-state index in [1.54, 1.807) is 15.8 Å². The molecule has 1 aromatic heterocycles. The van der Waals surface area contributed by atoms with Gasteiger partial charge in [-0.1, -0.05) is 6.92 Å². The molecule has 4 nitrogen and oxygen atoms in total. The second kappa shape index (κ2) is 5.06. The SMILES string of the molecule is CCN(CC1CC1)S(=O)(=O)c1csc(CN)c1. The van der Waals surface area contributed by atoms with Gasteiger partial charge in [-0.2, -0.15) is 4.31 Å². The van der Waals surface area contributed by atoms with Crippen molar-refractivity contribution in [1.29, 1.82) is 0 Å². The van der Waals surface area contributed by atoms with Crippen LogP contribution < -0.4 is 5.73 Å². The Morgan fingerprint density at radius 1 is 1.53 bits per heavy atom. The Morgan fingerprint density at radius 3 is 2.71 bits per heavy atom. The molecule has 1 saturated carbocycles. The smallest absolute Gasteiger partial charge is 0.243 e. The fraction of sp³-hybridized carbons (Fsp3) is 0.636. The first-order chi connectivity index (χ1) is 8.07. The van der Waals surface area contributed by atoms with Gasteiger partial charge in [-0.05, 0) is 24.8 Å². The van der Waals surface area contributed by atoms with E-state index in [9.17, 15) is 8.42 Å². The van der Waals surface area contributed by atoms with E-state index in [1.807, 2.05) is 6.92 Å². The van der Waals surface area contributed by atoms with Crippen molar-refractivity contribution in [3.63, 3.8) is 0 Å². The molecule has 1 heterocycles. The summed E-state index contributed by atoms with van der Waals surface area (Å²) in [7, 11) is -3.31. The second-order valence-corrected chi connectivity index (χ2v) is 7.29. The summed E-state index contributed by atoms with van der Waals surface area (Å²) < 4.78 is 26.3. The molecule has 0 bridgehead atoms. The lowest BCUT2D eigenvalue weighted by Gasteiger charge is -2.19. The first kappa shape index (κ1) is 13.0. The molecule has 96 valence electrons. The quantitative estimate of drug-likeness (QED) is 0.857. The molecule has 0 aliphatic heterocycles. The van der Waals surface area contributed by atoms with Crippen LogP contribution >= 0.6 is 11.3 Å². The molecule has 0 amide bonds. The van der Waals surface area contributed by atoms with Crippen LogP contribution in [0.25, 0.3) is 0 Å². The van der Waals surface area contributed by atoms with E-state index in [0.717, 1.165) is 17.7 Å². The molecule has 1 fully saturated rings. The largest absolute Gasteiger partial charge is 0.326 e. The van der Waals surface area contributed by atoms with Gasteiger partial charge in [0, 0.05) is 29.9 Å². The number of hydrogen-bond donors (Lipinski definition) is 1. The van der Waals surface area contributed by atoms with Crippen molar-refractivity contribution in [2.24, 2.45) is 11.7 Å². The molecule has 1 aromatic rings. The fourth-order valence-electron chi connectivity index (χ4n) is 1.74. The van der Waals surface area contributed by atoms with Gasteiger partial charge in [0.1, 0.15) is 0 Å². The van der Waals surface area contributed by atoms with Crippen LogP contribution in [0.1, 0.15) is 24.6 Å². The predicted octanol–water partition coefficient (Wildman–Crippen LogP) is 1.63. The van der Waals surface area contributed by atoms with E-state index < -0.39 is 10.0 Å². The van der Waals surface area contributed by atoms with Crippen LogP contribution in [-0.2, 0) is 16.6 Å². The van der Waals surface area contributed by atoms with Gasteiger partial charge in [0.05, 0.1) is 4.90 Å². The third-order valence-corrected chi connectivity index (χ3v) is 6.01. The number of rotatable bonds is 6. The van der Waals surface area contributed by atoms with Crippen molar-refractivity contribution in [1.82, 2.24) is 4.31 Å². The minimum atomic E-state index is -3.31. The lowest BCUT2D eigenvalue weighted by Crippen LogP contribution is -2.32. The van der Waals surface area contributed by atoms with Crippen molar-refractivity contribution in [3.05, 3.63) is 16.3 Å². The summed E-state index contributed by atoms with van der Waals surface area (Å²) in [6.07, 6.45) is 2.31. The molecule has 2 N–H and O–H groups in total. The summed E-state index contributed by atoms with van der Waals surface area (Å²) in [6.45, 7) is 3.48. The Hall–Kier alpha value is -0.430. The van der Waals surface area contributed by atoms with Gasteiger partial charge >= 0.3 is 0 Å². The van der Waals surface area contributed by atoms with E-state index in [0.29, 0.717) is 30.4 Å². The van der Waals surface area contributed by atoms with E-state index in [1.165, 1.54) is 11.3 Å². The zero-order valence-corrected chi connectivity index (χ0v) is 11.6. The maximum atomic E-state index is 12.3. The molecule has 2 rings (SSSR count). The number of sulfonamides is 1. The first-order valence-corrected chi connectivity index (χ1v) is 8.17. The summed E-state index contributed by atoms with van der Waals surface area (Å²) >= 11 is 1.41. The molecule has 0 radical (unpaired) electrons. The first-order valence-electron chi connectivity index (χ1n) is 5.85. The minimum Gasteiger partial charge on any atom is -0.326 e. The van der Waals surface area contributed by atoms with E-state index in [4.69, 9.17) is 5.73 Å². The van der Waals surface area contributed by atoms with E-state index in [-0.39, 0.29) is 0 Å². The summed E-state index contributed by atoms with van der Waals surface area (Å²) in [6, 6.07) is 1.69. The van der Waals surface area contributed by atoms with Crippen molar-refractivity contribution >= 4 is 21.4 Å². The van der Waals surface area contributed by atoms with Crippen LogP contribution in [0.15, 0.2) is 16.3 Å². The van der Waals surface area contributed by atoms with Crippen LogP contribution in [0.5, 0.6) is 0 Å². The molecule has 0 spiro atoms. The summed E-state index contributed by atoms with van der Waals surface area (Å²) in [5.74, 6) is 0.567. The Balaban J connectivity index is 2.19. The molecule has 6 heteroatoms. The van der Waals surface area contributed by atoms with Gasteiger partial charge in [0.15, 0.2) is 0 Å². The standard InChI is InChI=1S/C11H18N2O2S2/c1-2-13(7-9-3-4-9)17(14,15)11-5-10(6-12)16-8-11/h5,8-9H,2-4,6-7,12H2,1H3. The summed E-state index contributed by atoms with van der Waals surface area (Å²) in [5, 5.41) is 1.69. The predicted molar refractivity (Wildman–Crippen MR) is 69.4 cm³/mol. The van der Waals surface area contributed by atoms with Crippen LogP contribution in [0, 0.1) is 5.92 Å². The lowest BCUT2D eigenvalue weighted by atomic mass is 10.4. The highest BCUT2D eigenvalue weighted by atomic mass is 32.2. The maximum Gasteiger partial charge on any atom is 0.243 e. The van der Waals surface area contributed by atoms with E-state index in [2.05, 4.69) is 0 Å². The Kier molecular flexibility index (Phi) is 3.87. The molecule has 1 aliphatic carbocycles. The topological polar surface area (TPSA) is 63.4 Å². The highest BCUT2D eigenvalue weighted by Crippen LogP contribution is 2.32. The number of thiophene rings is 1. The monoisotopic (exact) mass is 274 g/mol. The maximum absolute atomic E-state index is 12.3. The molecular weight excluding hydrogens is 256 g/mol. The highest BCUT2D eigenvalue weighted by molar-refractivity contribution is 7.89. The average molecular weight is 274 g/mol. The normalized spacial score (nSPS) is 16.6. The summed E-state index contributed by atoms with van der Waals surface area (Å²) in [5.41, 5.74) is 5.51. The third-order valence-electron chi connectivity index (χ3n) is 2.98. The van der Waals surface area contributed by atoms with Gasteiger partial charge in [-0.25, -0.2) is 8.42 Å². The molecule has 0 unspecified atom stereocenters. The van der Waals surface area contributed by atoms with E-state index >= 15 is 0 Å². The van der Waals surface area contributed by atoms with Gasteiger partial charge in [-0.15, -0.1) is 11.3 Å². The van der Waals surface area contributed by atoms with Gasteiger partial charge in [-0.3, -0.25) is 0 Å². The van der Waals surface area contributed by atoms with Gasteiger partial charge < -0.3 is 5.73 Å². The number of nitrogens with two attached hydrogens (primary N) is 1. The molecule has 0 saturated heterocycles. The van der Waals surface area contributed by atoms with Crippen LogP contribution in [0.2, 0.25) is 0 Å². The molecule has 1 aliphatic rings. The highest BCUT2D eigenvalue weighted by Gasteiger charge is 2.31. The number of hydrogen-bond acceptors (Lipinski definition) is 4. The van der Waals surface area contributed by atoms with Crippen molar-refractivity contribution in [2.45, 2.75) is 31.2 Å². The zero-order valence-electron chi connectivity index (χ0n) is 9.93. The Bertz CT molecular complexity index is 477. The Morgan fingerprint density at radius 2 is 2.24 bits per heavy atom. The van der Waals surface area contributed by atoms with Crippen molar-refractivity contribution in [3.8, 4) is 0 Å². The Labute approximate surface area is 106 Å². The van der Waals surface area contributed by atoms with Gasteiger partial charge in [0.25, 0.3) is 0 Å². The molecular formula is C11H18N2O2S2. The fourth-order valence-corrected chi connectivity index (χ4v) is 4.41. The van der Waals surface area contributed by atoms with Crippen molar-refractivity contribution < 1.29 is 8.42 Å².